The lowest BCUT2D eigenvalue weighted by atomic mass is 9.98. The topological polar surface area (TPSA) is 84.6 Å². The van der Waals surface area contributed by atoms with Crippen molar-refractivity contribution in [3.63, 3.8) is 0 Å². The number of carbonyl (C=O) groups is 2. The van der Waals surface area contributed by atoms with E-state index in [0.29, 0.717) is 25.9 Å². The van der Waals surface area contributed by atoms with Gasteiger partial charge < -0.3 is 14.9 Å². The number of likely N-dealkylation sites (tertiary alicyclic amines) is 1. The van der Waals surface area contributed by atoms with Crippen molar-refractivity contribution in [2.45, 2.75) is 64.5 Å². The molecule has 1 N–H and O–H groups in total. The Morgan fingerprint density at radius 1 is 1.43 bits per heavy atom. The standard InChI is InChI=1S/C15H25N3O3/c1-12(2)17(11-5-9-16)15(21)18-10-4-3-6-13(18)7-8-14(19)20/h12-13H,3-8,10-11H2,1-2H3,(H,19,20). The van der Waals surface area contributed by atoms with Gasteiger partial charge in [0.15, 0.2) is 0 Å². The molecule has 1 heterocycles. The van der Waals surface area contributed by atoms with E-state index in [2.05, 4.69) is 6.07 Å². The fourth-order valence-electron chi connectivity index (χ4n) is 2.75. The van der Waals surface area contributed by atoms with Gasteiger partial charge in [0.05, 0.1) is 12.5 Å². The van der Waals surface area contributed by atoms with Crippen LogP contribution in [0.1, 0.15) is 52.4 Å². The second kappa shape index (κ2) is 8.50. The van der Waals surface area contributed by atoms with Gasteiger partial charge in [-0.1, -0.05) is 0 Å². The fraction of sp³-hybridized carbons (Fsp3) is 0.800. The van der Waals surface area contributed by atoms with Crippen molar-refractivity contribution in [3.8, 4) is 6.07 Å². The highest BCUT2D eigenvalue weighted by atomic mass is 16.4. The Kier molecular flexibility index (Phi) is 7.00. The van der Waals surface area contributed by atoms with E-state index in [-0.39, 0.29) is 24.5 Å². The Bertz CT molecular complexity index is 403. The minimum Gasteiger partial charge on any atom is -0.481 e. The van der Waals surface area contributed by atoms with E-state index in [1.165, 1.54) is 0 Å². The van der Waals surface area contributed by atoms with Crippen LogP contribution >= 0.6 is 0 Å². The summed E-state index contributed by atoms with van der Waals surface area (Å²) >= 11 is 0. The number of carboxylic acids is 1. The van der Waals surface area contributed by atoms with E-state index in [1.54, 1.807) is 4.90 Å². The Balaban J connectivity index is 2.73. The lowest BCUT2D eigenvalue weighted by Crippen LogP contribution is -2.52. The highest BCUT2D eigenvalue weighted by Crippen LogP contribution is 2.23. The number of nitriles is 1. The normalized spacial score (nSPS) is 18.4. The van der Waals surface area contributed by atoms with Crippen LogP contribution in [0.25, 0.3) is 0 Å². The van der Waals surface area contributed by atoms with Gasteiger partial charge in [0.2, 0.25) is 0 Å². The van der Waals surface area contributed by atoms with Crippen molar-refractivity contribution < 1.29 is 14.7 Å². The molecule has 1 rings (SSSR count). The number of piperidine rings is 1. The third-order valence-corrected chi connectivity index (χ3v) is 3.90. The zero-order valence-corrected chi connectivity index (χ0v) is 12.9. The molecule has 0 aliphatic carbocycles. The van der Waals surface area contributed by atoms with Crippen molar-refractivity contribution in [1.29, 1.82) is 5.26 Å². The number of amides is 2. The summed E-state index contributed by atoms with van der Waals surface area (Å²) < 4.78 is 0. The van der Waals surface area contributed by atoms with Gasteiger partial charge in [0, 0.05) is 31.6 Å². The number of hydrogen-bond acceptors (Lipinski definition) is 3. The average Bonchev–Trinajstić information content (AvgIpc) is 2.45. The van der Waals surface area contributed by atoms with Crippen LogP contribution in [0.15, 0.2) is 0 Å². The van der Waals surface area contributed by atoms with Gasteiger partial charge in [-0.05, 0) is 39.5 Å². The van der Waals surface area contributed by atoms with Crippen LogP contribution in [0, 0.1) is 11.3 Å². The maximum atomic E-state index is 12.7. The van der Waals surface area contributed by atoms with Gasteiger partial charge in [-0.15, -0.1) is 0 Å². The van der Waals surface area contributed by atoms with Crippen molar-refractivity contribution in [1.82, 2.24) is 9.80 Å². The van der Waals surface area contributed by atoms with Crippen molar-refractivity contribution in [3.05, 3.63) is 0 Å². The number of carboxylic acid groups (broad SMARTS) is 1. The summed E-state index contributed by atoms with van der Waals surface area (Å²) in [6.45, 7) is 4.98. The quantitative estimate of drug-likeness (QED) is 0.815. The van der Waals surface area contributed by atoms with Crippen LogP contribution in [-0.4, -0.2) is 52.1 Å². The zero-order chi connectivity index (χ0) is 15.8. The van der Waals surface area contributed by atoms with Crippen LogP contribution in [0.4, 0.5) is 4.79 Å². The first kappa shape index (κ1) is 17.3. The predicted octanol–water partition coefficient (Wildman–Crippen LogP) is 2.45. The second-order valence-electron chi connectivity index (χ2n) is 5.75. The van der Waals surface area contributed by atoms with E-state index in [4.69, 9.17) is 10.4 Å². The lowest BCUT2D eigenvalue weighted by Gasteiger charge is -2.40. The van der Waals surface area contributed by atoms with Gasteiger partial charge in [-0.25, -0.2) is 4.79 Å². The molecule has 0 aromatic carbocycles. The van der Waals surface area contributed by atoms with E-state index >= 15 is 0 Å². The van der Waals surface area contributed by atoms with Gasteiger partial charge >= 0.3 is 12.0 Å². The maximum absolute atomic E-state index is 12.7. The summed E-state index contributed by atoms with van der Waals surface area (Å²) in [5, 5.41) is 17.6. The molecule has 1 aliphatic heterocycles. The molecule has 21 heavy (non-hydrogen) atoms. The lowest BCUT2D eigenvalue weighted by molar-refractivity contribution is -0.137. The molecule has 1 atom stereocenters. The summed E-state index contributed by atoms with van der Waals surface area (Å²) in [4.78, 5) is 27.0. The molecule has 0 bridgehead atoms. The molecule has 2 amide bonds. The number of hydrogen-bond donors (Lipinski definition) is 1. The first-order valence-corrected chi connectivity index (χ1v) is 7.63. The predicted molar refractivity (Wildman–Crippen MR) is 78.7 cm³/mol. The molecule has 1 aliphatic rings. The van der Waals surface area contributed by atoms with Crippen LogP contribution in [-0.2, 0) is 4.79 Å². The minimum atomic E-state index is -0.821. The summed E-state index contributed by atoms with van der Waals surface area (Å²) in [6, 6.07) is 2.05. The molecule has 6 nitrogen and oxygen atoms in total. The second-order valence-corrected chi connectivity index (χ2v) is 5.75. The average molecular weight is 295 g/mol. The molecule has 0 aromatic heterocycles. The van der Waals surface area contributed by atoms with Crippen molar-refractivity contribution >= 4 is 12.0 Å². The van der Waals surface area contributed by atoms with Crippen LogP contribution in [0.2, 0.25) is 0 Å². The summed E-state index contributed by atoms with van der Waals surface area (Å²) in [6.07, 6.45) is 3.77. The first-order valence-electron chi connectivity index (χ1n) is 7.63. The summed E-state index contributed by atoms with van der Waals surface area (Å²) in [7, 11) is 0. The van der Waals surface area contributed by atoms with Gasteiger partial charge in [-0.3, -0.25) is 4.79 Å². The number of aliphatic carboxylic acids is 1. The largest absolute Gasteiger partial charge is 0.481 e. The zero-order valence-electron chi connectivity index (χ0n) is 12.9. The number of rotatable bonds is 6. The van der Waals surface area contributed by atoms with E-state index in [9.17, 15) is 9.59 Å². The molecular weight excluding hydrogens is 270 g/mol. The minimum absolute atomic E-state index is 0.00526. The molecule has 1 unspecified atom stereocenters. The van der Waals surface area contributed by atoms with Crippen molar-refractivity contribution in [2.24, 2.45) is 0 Å². The highest BCUT2D eigenvalue weighted by molar-refractivity contribution is 5.75. The highest BCUT2D eigenvalue weighted by Gasteiger charge is 2.30. The number of carbonyl (C=O) groups excluding carboxylic acids is 1. The van der Waals surface area contributed by atoms with Crippen LogP contribution in [0.5, 0.6) is 0 Å². The molecule has 1 fully saturated rings. The molecule has 0 aromatic rings. The fourth-order valence-corrected chi connectivity index (χ4v) is 2.75. The van der Waals surface area contributed by atoms with E-state index < -0.39 is 5.97 Å². The van der Waals surface area contributed by atoms with Gasteiger partial charge in [0.1, 0.15) is 0 Å². The van der Waals surface area contributed by atoms with E-state index in [0.717, 1.165) is 19.3 Å². The van der Waals surface area contributed by atoms with Crippen molar-refractivity contribution in [2.75, 3.05) is 13.1 Å². The molecule has 118 valence electrons. The Hall–Kier alpha value is -1.77. The molecule has 0 radical (unpaired) electrons. The summed E-state index contributed by atoms with van der Waals surface area (Å²) in [5.74, 6) is -0.821. The monoisotopic (exact) mass is 295 g/mol. The first-order chi connectivity index (χ1) is 9.97. The van der Waals surface area contributed by atoms with E-state index in [1.807, 2.05) is 18.7 Å². The summed E-state index contributed by atoms with van der Waals surface area (Å²) in [5.41, 5.74) is 0. The number of urea groups is 1. The Morgan fingerprint density at radius 3 is 2.71 bits per heavy atom. The van der Waals surface area contributed by atoms with Gasteiger partial charge in [-0.2, -0.15) is 5.26 Å². The molecule has 0 spiro atoms. The molecule has 0 saturated carbocycles. The van der Waals surface area contributed by atoms with Gasteiger partial charge in [0.25, 0.3) is 0 Å². The molecule has 6 heteroatoms. The Morgan fingerprint density at radius 2 is 2.14 bits per heavy atom. The molecular formula is C15H25N3O3. The van der Waals surface area contributed by atoms with Crippen LogP contribution in [0.3, 0.4) is 0 Å². The smallest absolute Gasteiger partial charge is 0.320 e. The third kappa shape index (κ3) is 5.25. The Labute approximate surface area is 126 Å². The van der Waals surface area contributed by atoms with Crippen LogP contribution < -0.4 is 0 Å². The SMILES string of the molecule is CC(C)N(CCC#N)C(=O)N1CCCCC1CCC(=O)O. The maximum Gasteiger partial charge on any atom is 0.320 e. The number of nitrogens with zero attached hydrogens (tertiary/aromatic N) is 3. The third-order valence-electron chi connectivity index (χ3n) is 3.90. The molecule has 1 saturated heterocycles.